The molecule has 1 aromatic rings. The van der Waals surface area contributed by atoms with Gasteiger partial charge < -0.3 is 14.0 Å². The predicted octanol–water partition coefficient (Wildman–Crippen LogP) is 3.62. The van der Waals surface area contributed by atoms with Crippen LogP contribution >= 0.6 is 0 Å². The maximum atomic E-state index is 6.03. The Bertz CT molecular complexity index is 569. The van der Waals surface area contributed by atoms with Crippen LogP contribution in [0, 0.1) is 0 Å². The fraction of sp³-hybridized carbons (Fsp3) is 0.333. The lowest BCUT2D eigenvalue weighted by atomic mass is 9.79. The van der Waals surface area contributed by atoms with E-state index in [2.05, 4.69) is 13.2 Å². The summed E-state index contributed by atoms with van der Waals surface area (Å²) in [7, 11) is -0.360. The molecule has 0 spiro atoms. The highest BCUT2D eigenvalue weighted by molar-refractivity contribution is 6.62. The molecular formula is C18H23BO3. The van der Waals surface area contributed by atoms with E-state index in [0.29, 0.717) is 5.76 Å². The summed E-state index contributed by atoms with van der Waals surface area (Å²) < 4.78 is 17.7. The number of hydrogen-bond acceptors (Lipinski definition) is 3. The van der Waals surface area contributed by atoms with Crippen molar-refractivity contribution >= 4 is 12.6 Å². The lowest BCUT2D eigenvalue weighted by Gasteiger charge is -2.32. The highest BCUT2D eigenvalue weighted by Gasteiger charge is 2.51. The van der Waals surface area contributed by atoms with Crippen LogP contribution < -0.4 is 10.2 Å². The van der Waals surface area contributed by atoms with E-state index < -0.39 is 0 Å². The second kappa shape index (κ2) is 6.15. The van der Waals surface area contributed by atoms with Crippen molar-refractivity contribution in [1.82, 2.24) is 0 Å². The molecule has 2 rings (SSSR count). The molecule has 3 nitrogen and oxygen atoms in total. The molecule has 0 atom stereocenters. The molecule has 116 valence electrons. The summed E-state index contributed by atoms with van der Waals surface area (Å²) in [4.78, 5) is 0. The molecule has 0 N–H and O–H groups in total. The molecule has 0 aromatic heterocycles. The van der Waals surface area contributed by atoms with Gasteiger partial charge in [-0.3, -0.25) is 0 Å². The molecule has 1 aliphatic heterocycles. The van der Waals surface area contributed by atoms with Gasteiger partial charge in [0.05, 0.1) is 11.2 Å². The minimum atomic E-state index is -0.360. The van der Waals surface area contributed by atoms with E-state index in [-0.39, 0.29) is 18.3 Å². The van der Waals surface area contributed by atoms with Crippen molar-refractivity contribution in [2.75, 3.05) is 0 Å². The van der Waals surface area contributed by atoms with Crippen LogP contribution in [-0.4, -0.2) is 18.3 Å². The SMILES string of the molecule is C=C/C=C(\C=C)Oc1ccc(B2OC(C)(C)C(C)(C)O2)cc1. The van der Waals surface area contributed by atoms with Crippen LogP contribution in [0.3, 0.4) is 0 Å². The number of ether oxygens (including phenoxy) is 1. The lowest BCUT2D eigenvalue weighted by molar-refractivity contribution is 0.00578. The summed E-state index contributed by atoms with van der Waals surface area (Å²) in [5, 5.41) is 0. The Morgan fingerprint density at radius 1 is 1.05 bits per heavy atom. The zero-order valence-electron chi connectivity index (χ0n) is 13.8. The summed E-state index contributed by atoms with van der Waals surface area (Å²) in [6.07, 6.45) is 5.06. The zero-order valence-corrected chi connectivity index (χ0v) is 13.8. The quantitative estimate of drug-likeness (QED) is 0.472. The summed E-state index contributed by atoms with van der Waals surface area (Å²) in [5.74, 6) is 1.38. The predicted molar refractivity (Wildman–Crippen MR) is 91.3 cm³/mol. The highest BCUT2D eigenvalue weighted by atomic mass is 16.7. The van der Waals surface area contributed by atoms with Gasteiger partial charge in [0, 0.05) is 0 Å². The summed E-state index contributed by atoms with van der Waals surface area (Å²) in [6, 6.07) is 7.68. The van der Waals surface area contributed by atoms with Crippen molar-refractivity contribution in [2.45, 2.75) is 38.9 Å². The molecule has 1 fully saturated rings. The molecule has 1 heterocycles. The van der Waals surface area contributed by atoms with Crippen molar-refractivity contribution in [1.29, 1.82) is 0 Å². The third-order valence-corrected chi connectivity index (χ3v) is 4.12. The van der Waals surface area contributed by atoms with E-state index in [1.54, 1.807) is 18.2 Å². The minimum Gasteiger partial charge on any atom is -0.457 e. The third kappa shape index (κ3) is 3.34. The number of hydrogen-bond donors (Lipinski definition) is 0. The van der Waals surface area contributed by atoms with Gasteiger partial charge in [0.1, 0.15) is 11.5 Å². The first-order valence-corrected chi connectivity index (χ1v) is 7.38. The van der Waals surface area contributed by atoms with Gasteiger partial charge >= 0.3 is 7.12 Å². The van der Waals surface area contributed by atoms with Crippen LogP contribution in [0.25, 0.3) is 0 Å². The Kier molecular flexibility index (Phi) is 4.64. The maximum absolute atomic E-state index is 6.03. The fourth-order valence-electron chi connectivity index (χ4n) is 2.07. The van der Waals surface area contributed by atoms with Crippen molar-refractivity contribution < 1.29 is 14.0 Å². The molecule has 4 heteroatoms. The van der Waals surface area contributed by atoms with Gasteiger partial charge in [0.2, 0.25) is 0 Å². The van der Waals surface area contributed by atoms with E-state index in [0.717, 1.165) is 11.2 Å². The smallest absolute Gasteiger partial charge is 0.457 e. The van der Waals surface area contributed by atoms with Crippen LogP contribution in [0.15, 0.2) is 61.4 Å². The summed E-state index contributed by atoms with van der Waals surface area (Å²) >= 11 is 0. The van der Waals surface area contributed by atoms with E-state index in [9.17, 15) is 0 Å². The fourth-order valence-corrected chi connectivity index (χ4v) is 2.07. The molecule has 1 aliphatic rings. The van der Waals surface area contributed by atoms with Crippen molar-refractivity contribution in [3.05, 3.63) is 61.4 Å². The van der Waals surface area contributed by atoms with Gasteiger partial charge in [-0.2, -0.15) is 0 Å². The second-order valence-corrected chi connectivity index (χ2v) is 6.27. The van der Waals surface area contributed by atoms with Gasteiger partial charge in [-0.25, -0.2) is 0 Å². The largest absolute Gasteiger partial charge is 0.494 e. The summed E-state index contributed by atoms with van der Waals surface area (Å²) in [6.45, 7) is 15.5. The van der Waals surface area contributed by atoms with Crippen LogP contribution in [0.2, 0.25) is 0 Å². The highest BCUT2D eigenvalue weighted by Crippen LogP contribution is 2.36. The van der Waals surface area contributed by atoms with Crippen molar-refractivity contribution in [2.24, 2.45) is 0 Å². The van der Waals surface area contributed by atoms with Crippen LogP contribution in [0.1, 0.15) is 27.7 Å². The average Bonchev–Trinajstić information content (AvgIpc) is 2.67. The van der Waals surface area contributed by atoms with E-state index in [1.165, 1.54) is 0 Å². The van der Waals surface area contributed by atoms with Crippen LogP contribution in [0.4, 0.5) is 0 Å². The Morgan fingerprint density at radius 2 is 1.59 bits per heavy atom. The number of allylic oxidation sites excluding steroid dienone is 3. The first kappa shape index (κ1) is 16.6. The molecule has 22 heavy (non-hydrogen) atoms. The Morgan fingerprint density at radius 3 is 2.05 bits per heavy atom. The zero-order chi connectivity index (χ0) is 16.4. The lowest BCUT2D eigenvalue weighted by Crippen LogP contribution is -2.41. The average molecular weight is 298 g/mol. The van der Waals surface area contributed by atoms with Gasteiger partial charge in [0.25, 0.3) is 0 Å². The van der Waals surface area contributed by atoms with Gasteiger partial charge in [-0.05, 0) is 57.4 Å². The monoisotopic (exact) mass is 298 g/mol. The Balaban J connectivity index is 2.12. The third-order valence-electron chi connectivity index (χ3n) is 4.12. The molecular weight excluding hydrogens is 275 g/mol. The maximum Gasteiger partial charge on any atom is 0.494 e. The second-order valence-electron chi connectivity index (χ2n) is 6.27. The van der Waals surface area contributed by atoms with E-state index in [4.69, 9.17) is 14.0 Å². The molecule has 0 saturated carbocycles. The summed E-state index contributed by atoms with van der Waals surface area (Å²) in [5.41, 5.74) is 0.296. The molecule has 0 amide bonds. The minimum absolute atomic E-state index is 0.338. The Labute approximate surface area is 133 Å². The molecule has 1 aromatic carbocycles. The van der Waals surface area contributed by atoms with Gasteiger partial charge in [-0.1, -0.05) is 31.4 Å². The number of rotatable bonds is 5. The van der Waals surface area contributed by atoms with Crippen molar-refractivity contribution in [3.63, 3.8) is 0 Å². The number of benzene rings is 1. The first-order chi connectivity index (χ1) is 10.3. The molecule has 1 saturated heterocycles. The van der Waals surface area contributed by atoms with E-state index >= 15 is 0 Å². The van der Waals surface area contributed by atoms with E-state index in [1.807, 2.05) is 52.0 Å². The van der Waals surface area contributed by atoms with Gasteiger partial charge in [0.15, 0.2) is 0 Å². The van der Waals surface area contributed by atoms with Crippen LogP contribution in [0.5, 0.6) is 5.75 Å². The Hall–Kier alpha value is -1.78. The molecule has 0 bridgehead atoms. The normalized spacial score (nSPS) is 19.8. The molecule has 0 unspecified atom stereocenters. The standard InChI is InChI=1S/C18H23BO3/c1-7-9-15(8-2)20-16-12-10-14(11-13-16)19-21-17(3,4)18(5,6)22-19/h7-13H,1-2H2,3-6H3/b15-9+. The molecule has 0 radical (unpaired) electrons. The topological polar surface area (TPSA) is 27.7 Å². The van der Waals surface area contributed by atoms with Crippen molar-refractivity contribution in [3.8, 4) is 5.75 Å². The first-order valence-electron chi connectivity index (χ1n) is 7.38. The van der Waals surface area contributed by atoms with Crippen LogP contribution in [-0.2, 0) is 9.31 Å². The van der Waals surface area contributed by atoms with Gasteiger partial charge in [-0.15, -0.1) is 0 Å². The molecule has 0 aliphatic carbocycles.